The number of benzene rings is 1. The monoisotopic (exact) mass is 258 g/mol. The number of nitrogens with zero attached hydrogens (tertiary/aromatic N) is 1. The van der Waals surface area contributed by atoms with Crippen molar-refractivity contribution in [2.45, 2.75) is 45.3 Å². The van der Waals surface area contributed by atoms with Gasteiger partial charge in [-0.25, -0.2) is 0 Å². The van der Waals surface area contributed by atoms with E-state index in [2.05, 4.69) is 18.8 Å². The molecule has 1 aromatic carbocycles. The van der Waals surface area contributed by atoms with Crippen LogP contribution in [0, 0.1) is 0 Å². The minimum atomic E-state index is 0.0609. The molecule has 0 aliphatic rings. The molecule has 0 saturated carbocycles. The van der Waals surface area contributed by atoms with Crippen molar-refractivity contribution in [2.75, 3.05) is 0 Å². The van der Waals surface area contributed by atoms with Gasteiger partial charge in [0.1, 0.15) is 11.9 Å². The van der Waals surface area contributed by atoms with E-state index < -0.39 is 0 Å². The van der Waals surface area contributed by atoms with Gasteiger partial charge in [0.2, 0.25) is 0 Å². The summed E-state index contributed by atoms with van der Waals surface area (Å²) in [5, 5.41) is 1.05. The SMILES string of the molecule is CCCC(N)C(CC)Oc1cccc2ncccc12. The quantitative estimate of drug-likeness (QED) is 0.862. The third kappa shape index (κ3) is 3.24. The van der Waals surface area contributed by atoms with Gasteiger partial charge in [-0.05, 0) is 37.1 Å². The summed E-state index contributed by atoms with van der Waals surface area (Å²) in [6, 6.07) is 10.0. The van der Waals surface area contributed by atoms with Crippen molar-refractivity contribution in [1.82, 2.24) is 4.98 Å². The Bertz CT molecular complexity index is 522. The number of nitrogens with two attached hydrogens (primary N) is 1. The fraction of sp³-hybridized carbons (Fsp3) is 0.438. The number of pyridine rings is 1. The summed E-state index contributed by atoms with van der Waals surface area (Å²) >= 11 is 0. The van der Waals surface area contributed by atoms with Crippen molar-refractivity contribution in [3.05, 3.63) is 36.5 Å². The third-order valence-corrected chi connectivity index (χ3v) is 3.39. The van der Waals surface area contributed by atoms with Gasteiger partial charge < -0.3 is 10.5 Å². The van der Waals surface area contributed by atoms with Crippen LogP contribution in [-0.2, 0) is 0 Å². The maximum absolute atomic E-state index is 6.19. The molecule has 0 amide bonds. The Morgan fingerprint density at radius 1 is 1.21 bits per heavy atom. The molecule has 2 rings (SSSR count). The number of hydrogen-bond donors (Lipinski definition) is 1. The summed E-state index contributed by atoms with van der Waals surface area (Å²) in [7, 11) is 0. The van der Waals surface area contributed by atoms with E-state index >= 15 is 0 Å². The predicted molar refractivity (Wildman–Crippen MR) is 79.3 cm³/mol. The summed E-state index contributed by atoms with van der Waals surface area (Å²) in [6.07, 6.45) is 4.84. The molecule has 3 heteroatoms. The largest absolute Gasteiger partial charge is 0.488 e. The lowest BCUT2D eigenvalue weighted by molar-refractivity contribution is 0.163. The lowest BCUT2D eigenvalue weighted by Gasteiger charge is -2.24. The Balaban J connectivity index is 2.24. The smallest absolute Gasteiger partial charge is 0.129 e. The van der Waals surface area contributed by atoms with E-state index in [1.165, 1.54) is 0 Å². The molecule has 19 heavy (non-hydrogen) atoms. The average molecular weight is 258 g/mol. The Hall–Kier alpha value is -1.61. The predicted octanol–water partition coefficient (Wildman–Crippen LogP) is 3.52. The molecule has 2 N–H and O–H groups in total. The standard InChI is InChI=1S/C16H22N2O/c1-3-7-13(17)15(4-2)19-16-10-5-9-14-12(16)8-6-11-18-14/h5-6,8-11,13,15H,3-4,7,17H2,1-2H3. The van der Waals surface area contributed by atoms with Gasteiger partial charge in [-0.2, -0.15) is 0 Å². The summed E-state index contributed by atoms with van der Waals surface area (Å²) in [6.45, 7) is 4.26. The first kappa shape index (κ1) is 13.8. The van der Waals surface area contributed by atoms with E-state index in [0.717, 1.165) is 35.9 Å². The van der Waals surface area contributed by atoms with E-state index in [4.69, 9.17) is 10.5 Å². The zero-order valence-corrected chi connectivity index (χ0v) is 11.7. The van der Waals surface area contributed by atoms with Crippen molar-refractivity contribution >= 4 is 10.9 Å². The zero-order valence-electron chi connectivity index (χ0n) is 11.7. The number of rotatable bonds is 6. The van der Waals surface area contributed by atoms with Crippen LogP contribution < -0.4 is 10.5 Å². The molecule has 1 aromatic heterocycles. The van der Waals surface area contributed by atoms with Gasteiger partial charge in [0, 0.05) is 17.6 Å². The van der Waals surface area contributed by atoms with E-state index in [9.17, 15) is 0 Å². The molecule has 0 aliphatic heterocycles. The second kappa shape index (κ2) is 6.53. The maximum Gasteiger partial charge on any atom is 0.129 e. The van der Waals surface area contributed by atoms with Crippen LogP contribution in [0.2, 0.25) is 0 Å². The van der Waals surface area contributed by atoms with Crippen LogP contribution in [0.1, 0.15) is 33.1 Å². The normalized spacial score (nSPS) is 14.3. The van der Waals surface area contributed by atoms with Gasteiger partial charge in [0.15, 0.2) is 0 Å². The molecular weight excluding hydrogens is 236 g/mol. The minimum absolute atomic E-state index is 0.0609. The summed E-state index contributed by atoms with van der Waals surface area (Å²) in [4.78, 5) is 4.34. The summed E-state index contributed by atoms with van der Waals surface area (Å²) < 4.78 is 6.13. The van der Waals surface area contributed by atoms with Gasteiger partial charge in [0.25, 0.3) is 0 Å². The molecule has 2 unspecified atom stereocenters. The van der Waals surface area contributed by atoms with Crippen LogP contribution in [-0.4, -0.2) is 17.1 Å². The molecule has 0 spiro atoms. The first-order valence-electron chi connectivity index (χ1n) is 7.02. The van der Waals surface area contributed by atoms with Crippen LogP contribution in [0.25, 0.3) is 10.9 Å². The van der Waals surface area contributed by atoms with Gasteiger partial charge in [-0.3, -0.25) is 4.98 Å². The van der Waals surface area contributed by atoms with E-state index in [-0.39, 0.29) is 12.1 Å². The molecule has 0 aliphatic carbocycles. The van der Waals surface area contributed by atoms with Crippen LogP contribution >= 0.6 is 0 Å². The van der Waals surface area contributed by atoms with Crippen LogP contribution in [0.5, 0.6) is 5.75 Å². The molecule has 2 aromatic rings. The van der Waals surface area contributed by atoms with E-state index in [0.29, 0.717) is 0 Å². The highest BCUT2D eigenvalue weighted by Gasteiger charge is 2.17. The molecule has 3 nitrogen and oxygen atoms in total. The molecule has 102 valence electrons. The number of hydrogen-bond acceptors (Lipinski definition) is 3. The van der Waals surface area contributed by atoms with Crippen LogP contribution in [0.15, 0.2) is 36.5 Å². The molecule has 0 bridgehead atoms. The van der Waals surface area contributed by atoms with Crippen molar-refractivity contribution in [3.63, 3.8) is 0 Å². The maximum atomic E-state index is 6.19. The van der Waals surface area contributed by atoms with Crippen molar-refractivity contribution in [3.8, 4) is 5.75 Å². The van der Waals surface area contributed by atoms with Gasteiger partial charge >= 0.3 is 0 Å². The fourth-order valence-electron chi connectivity index (χ4n) is 2.33. The summed E-state index contributed by atoms with van der Waals surface area (Å²) in [5.41, 5.74) is 7.15. The number of aromatic nitrogens is 1. The molecule has 0 fully saturated rings. The van der Waals surface area contributed by atoms with E-state index in [1.54, 1.807) is 6.20 Å². The Labute approximate surface area is 114 Å². The molecule has 0 saturated heterocycles. The van der Waals surface area contributed by atoms with Crippen LogP contribution in [0.3, 0.4) is 0 Å². The number of ether oxygens (including phenoxy) is 1. The lowest BCUT2D eigenvalue weighted by Crippen LogP contribution is -2.38. The third-order valence-electron chi connectivity index (χ3n) is 3.39. The Kier molecular flexibility index (Phi) is 4.74. The second-order valence-electron chi connectivity index (χ2n) is 4.84. The first-order valence-corrected chi connectivity index (χ1v) is 7.02. The molecule has 2 atom stereocenters. The highest BCUT2D eigenvalue weighted by atomic mass is 16.5. The van der Waals surface area contributed by atoms with E-state index in [1.807, 2.05) is 30.3 Å². The van der Waals surface area contributed by atoms with Gasteiger partial charge in [-0.15, -0.1) is 0 Å². The first-order chi connectivity index (χ1) is 9.26. The summed E-state index contributed by atoms with van der Waals surface area (Å²) in [5.74, 6) is 0.879. The average Bonchev–Trinajstić information content (AvgIpc) is 2.45. The van der Waals surface area contributed by atoms with Gasteiger partial charge in [-0.1, -0.05) is 26.3 Å². The lowest BCUT2D eigenvalue weighted by atomic mass is 10.0. The second-order valence-corrected chi connectivity index (χ2v) is 4.84. The Morgan fingerprint density at radius 3 is 2.79 bits per heavy atom. The molecule has 1 heterocycles. The highest BCUT2D eigenvalue weighted by molar-refractivity contribution is 5.84. The fourth-order valence-corrected chi connectivity index (χ4v) is 2.33. The molecular formula is C16H22N2O. The zero-order chi connectivity index (χ0) is 13.7. The van der Waals surface area contributed by atoms with Crippen molar-refractivity contribution in [1.29, 1.82) is 0 Å². The number of fused-ring (bicyclic) bond motifs is 1. The topological polar surface area (TPSA) is 48.1 Å². The van der Waals surface area contributed by atoms with Crippen molar-refractivity contribution < 1.29 is 4.74 Å². The Morgan fingerprint density at radius 2 is 2.05 bits per heavy atom. The van der Waals surface area contributed by atoms with Crippen LogP contribution in [0.4, 0.5) is 0 Å². The van der Waals surface area contributed by atoms with Gasteiger partial charge in [0.05, 0.1) is 5.52 Å². The molecule has 0 radical (unpaired) electrons. The van der Waals surface area contributed by atoms with Crippen molar-refractivity contribution in [2.24, 2.45) is 5.73 Å². The highest BCUT2D eigenvalue weighted by Crippen LogP contribution is 2.26. The minimum Gasteiger partial charge on any atom is -0.488 e.